The average molecular weight is 505 g/mol. The van der Waals surface area contributed by atoms with Gasteiger partial charge >= 0.3 is 0 Å². The van der Waals surface area contributed by atoms with Gasteiger partial charge in [0, 0.05) is 0 Å². The highest BCUT2D eigenvalue weighted by Crippen LogP contribution is 2.48. The third kappa shape index (κ3) is 3.02. The molecular weight excluding hydrogens is 480 g/mol. The summed E-state index contributed by atoms with van der Waals surface area (Å²) < 4.78 is 0. The molecule has 0 fully saturated rings. The number of benzene rings is 9. The van der Waals surface area contributed by atoms with Gasteiger partial charge in [0.2, 0.25) is 0 Å². The zero-order chi connectivity index (χ0) is 26.2. The first-order chi connectivity index (χ1) is 19.8. The highest BCUT2D eigenvalue weighted by Gasteiger charge is 2.21. The molecule has 1 aliphatic carbocycles. The van der Waals surface area contributed by atoms with Crippen LogP contribution in [0.4, 0.5) is 0 Å². The Bertz CT molecular complexity index is 2330. The summed E-state index contributed by atoms with van der Waals surface area (Å²) in [6.45, 7) is 0. The third-order valence-electron chi connectivity index (χ3n) is 8.74. The summed E-state index contributed by atoms with van der Waals surface area (Å²) in [5, 5.41) is 16.2. The van der Waals surface area contributed by atoms with E-state index in [1.54, 1.807) is 0 Å². The van der Waals surface area contributed by atoms with Crippen LogP contribution in [-0.2, 0) is 0 Å². The first-order valence-electron chi connectivity index (χ1n) is 13.9. The lowest BCUT2D eigenvalue weighted by molar-refractivity contribution is 1.73. The van der Waals surface area contributed by atoms with E-state index in [0.29, 0.717) is 0 Å². The zero-order valence-electron chi connectivity index (χ0n) is 21.9. The molecule has 0 aliphatic heterocycles. The maximum atomic E-state index is 2.33. The largest absolute Gasteiger partial charge is 0.0616 e. The first-order valence-corrected chi connectivity index (χ1v) is 13.9. The van der Waals surface area contributed by atoms with Crippen LogP contribution >= 0.6 is 0 Å². The van der Waals surface area contributed by atoms with Crippen LogP contribution in [0.2, 0.25) is 0 Å². The van der Waals surface area contributed by atoms with E-state index in [1.165, 1.54) is 86.9 Å². The molecule has 0 N–H and O–H groups in total. The van der Waals surface area contributed by atoms with Gasteiger partial charge in [0.25, 0.3) is 0 Å². The molecule has 0 unspecified atom stereocenters. The molecule has 9 aromatic carbocycles. The molecule has 0 nitrogen and oxygen atoms in total. The monoisotopic (exact) mass is 504 g/mol. The van der Waals surface area contributed by atoms with Crippen molar-refractivity contribution >= 4 is 64.6 Å². The number of hydrogen-bond donors (Lipinski definition) is 0. The molecule has 0 heteroatoms. The second-order valence-electron chi connectivity index (χ2n) is 10.9. The van der Waals surface area contributed by atoms with Crippen molar-refractivity contribution in [3.05, 3.63) is 146 Å². The Kier molecular flexibility index (Phi) is 4.42. The van der Waals surface area contributed by atoms with Gasteiger partial charge in [0.1, 0.15) is 0 Å². The van der Waals surface area contributed by atoms with E-state index in [1.807, 2.05) is 0 Å². The zero-order valence-corrected chi connectivity index (χ0v) is 21.9. The highest BCUT2D eigenvalue weighted by molar-refractivity contribution is 6.28. The van der Waals surface area contributed by atoms with E-state index in [2.05, 4.69) is 146 Å². The summed E-state index contributed by atoms with van der Waals surface area (Å²) in [5.41, 5.74) is 5.49. The van der Waals surface area contributed by atoms with Crippen LogP contribution in [0.3, 0.4) is 0 Å². The highest BCUT2D eigenvalue weighted by atomic mass is 14.2. The minimum absolute atomic E-state index is 1.32. The van der Waals surface area contributed by atoms with Crippen molar-refractivity contribution in [3.8, 4) is 22.3 Å². The van der Waals surface area contributed by atoms with Gasteiger partial charge in [0.15, 0.2) is 0 Å². The molecule has 0 bridgehead atoms. The fourth-order valence-corrected chi connectivity index (χ4v) is 6.97. The lowest BCUT2D eigenvalue weighted by atomic mass is 9.91. The summed E-state index contributed by atoms with van der Waals surface area (Å²) in [4.78, 5) is 0. The van der Waals surface area contributed by atoms with E-state index in [-0.39, 0.29) is 0 Å². The van der Waals surface area contributed by atoms with Gasteiger partial charge in [-0.25, -0.2) is 0 Å². The normalized spacial score (nSPS) is 12.0. The van der Waals surface area contributed by atoms with E-state index < -0.39 is 0 Å². The summed E-state index contributed by atoms with van der Waals surface area (Å²) in [6, 6.07) is 53.0. The lowest BCUT2D eigenvalue weighted by Gasteiger charge is -2.12. The molecule has 0 amide bonds. The van der Waals surface area contributed by atoms with Gasteiger partial charge in [-0.3, -0.25) is 0 Å². The molecule has 0 aromatic heterocycles. The fraction of sp³-hybridized carbons (Fsp3) is 0. The molecule has 9 aromatic rings. The summed E-state index contributed by atoms with van der Waals surface area (Å²) in [7, 11) is 0. The summed E-state index contributed by atoms with van der Waals surface area (Å²) >= 11 is 0. The van der Waals surface area contributed by atoms with Crippen LogP contribution in [0, 0.1) is 0 Å². The van der Waals surface area contributed by atoms with Crippen LogP contribution in [0.5, 0.6) is 0 Å². The first kappa shape index (κ1) is 21.7. The maximum Gasteiger partial charge on any atom is -0.00204 e. The molecular formula is C40H24. The Morgan fingerprint density at radius 2 is 0.725 bits per heavy atom. The fourth-order valence-electron chi connectivity index (χ4n) is 6.97. The van der Waals surface area contributed by atoms with Gasteiger partial charge in [-0.15, -0.1) is 0 Å². The smallest absolute Gasteiger partial charge is 0.00204 e. The van der Waals surface area contributed by atoms with Crippen LogP contribution in [0.15, 0.2) is 146 Å². The summed E-state index contributed by atoms with van der Waals surface area (Å²) in [5.74, 6) is 0. The molecule has 184 valence electrons. The quantitative estimate of drug-likeness (QED) is 0.142. The second kappa shape index (κ2) is 8.15. The second-order valence-corrected chi connectivity index (χ2v) is 10.9. The Hall–Kier alpha value is -5.20. The van der Waals surface area contributed by atoms with Gasteiger partial charge in [-0.1, -0.05) is 127 Å². The Morgan fingerprint density at radius 3 is 1.40 bits per heavy atom. The number of hydrogen-bond acceptors (Lipinski definition) is 0. The topological polar surface area (TPSA) is 0 Å². The van der Waals surface area contributed by atoms with Crippen molar-refractivity contribution in [2.75, 3.05) is 0 Å². The Balaban J connectivity index is 0.000000115. The molecule has 10 rings (SSSR count). The average Bonchev–Trinajstić information content (AvgIpc) is 3.33. The van der Waals surface area contributed by atoms with Crippen molar-refractivity contribution in [1.82, 2.24) is 0 Å². The number of fused-ring (bicyclic) bond motifs is 6. The van der Waals surface area contributed by atoms with Crippen molar-refractivity contribution in [3.63, 3.8) is 0 Å². The molecule has 0 saturated heterocycles. The molecule has 0 heterocycles. The molecule has 0 saturated carbocycles. The summed E-state index contributed by atoms with van der Waals surface area (Å²) in [6.07, 6.45) is 0. The van der Waals surface area contributed by atoms with E-state index in [4.69, 9.17) is 0 Å². The number of rotatable bonds is 0. The van der Waals surface area contributed by atoms with E-state index in [0.717, 1.165) is 0 Å². The van der Waals surface area contributed by atoms with Crippen molar-refractivity contribution in [2.24, 2.45) is 0 Å². The van der Waals surface area contributed by atoms with Crippen molar-refractivity contribution in [1.29, 1.82) is 0 Å². The van der Waals surface area contributed by atoms with Crippen LogP contribution in [0.25, 0.3) is 86.9 Å². The maximum absolute atomic E-state index is 2.33. The molecule has 0 atom stereocenters. The van der Waals surface area contributed by atoms with Crippen molar-refractivity contribution in [2.45, 2.75) is 0 Å². The Labute approximate surface area is 232 Å². The third-order valence-corrected chi connectivity index (χ3v) is 8.74. The van der Waals surface area contributed by atoms with Gasteiger partial charge in [-0.2, -0.15) is 0 Å². The minimum atomic E-state index is 1.32. The van der Waals surface area contributed by atoms with Crippen molar-refractivity contribution < 1.29 is 0 Å². The van der Waals surface area contributed by atoms with Crippen LogP contribution in [-0.4, -0.2) is 0 Å². The molecule has 1 aliphatic rings. The molecule has 0 spiro atoms. The predicted molar refractivity (Wildman–Crippen MR) is 174 cm³/mol. The van der Waals surface area contributed by atoms with Gasteiger partial charge in [-0.05, 0) is 105 Å². The molecule has 0 radical (unpaired) electrons. The Morgan fingerprint density at radius 1 is 0.225 bits per heavy atom. The van der Waals surface area contributed by atoms with Gasteiger partial charge < -0.3 is 0 Å². The molecule has 40 heavy (non-hydrogen) atoms. The van der Waals surface area contributed by atoms with E-state index in [9.17, 15) is 0 Å². The van der Waals surface area contributed by atoms with Crippen LogP contribution in [0.1, 0.15) is 0 Å². The SMILES string of the molecule is c1ccc2c(c1)cc1ccc3cccc4ccc2c1c34.c1ccc2cc3c(cc2c1)-c1cccc2cccc-3c12. The standard InChI is InChI=1S/2C20H12/c1-2-6-15-12-19-17-10-4-8-13-7-3-9-16(20(13)17)18(19)11-14(15)5-1;1-2-7-17-15(4-1)12-16-9-8-13-5-3-6-14-10-11-18(17)20(16)19(13)14/h2*1-12H. The van der Waals surface area contributed by atoms with E-state index >= 15 is 0 Å². The minimum Gasteiger partial charge on any atom is -0.0616 e. The lowest BCUT2D eigenvalue weighted by Crippen LogP contribution is -1.85. The van der Waals surface area contributed by atoms with Gasteiger partial charge in [0.05, 0.1) is 0 Å². The predicted octanol–water partition coefficient (Wildman–Crippen LogP) is 11.4. The van der Waals surface area contributed by atoms with Crippen LogP contribution < -0.4 is 0 Å².